The summed E-state index contributed by atoms with van der Waals surface area (Å²) in [6.07, 6.45) is -2.86. The minimum Gasteiger partial charge on any atom is -0.436 e. The van der Waals surface area contributed by atoms with Crippen molar-refractivity contribution in [3.63, 3.8) is 0 Å². The number of alkyl halides is 3. The standard InChI is InChI=1S/C7H9F3N2O/c8-7(9,10)5-4-12-6(13-5)2-1-3-11/h4H,1-3,11H2. The lowest BCUT2D eigenvalue weighted by atomic mass is 10.3. The molecule has 0 saturated heterocycles. The minimum atomic E-state index is -4.45. The summed E-state index contributed by atoms with van der Waals surface area (Å²) >= 11 is 0. The minimum absolute atomic E-state index is 0.0813. The van der Waals surface area contributed by atoms with Crippen molar-refractivity contribution < 1.29 is 17.6 Å². The first-order valence-electron chi connectivity index (χ1n) is 3.76. The molecule has 0 aliphatic carbocycles. The van der Waals surface area contributed by atoms with Crippen LogP contribution in [0.25, 0.3) is 0 Å². The highest BCUT2D eigenvalue weighted by molar-refractivity contribution is 4.98. The quantitative estimate of drug-likeness (QED) is 0.794. The molecule has 0 aliphatic rings. The van der Waals surface area contributed by atoms with Gasteiger partial charge in [-0.1, -0.05) is 0 Å². The van der Waals surface area contributed by atoms with Crippen LogP contribution in [0.1, 0.15) is 18.1 Å². The fraction of sp³-hybridized carbons (Fsp3) is 0.571. The monoisotopic (exact) mass is 194 g/mol. The van der Waals surface area contributed by atoms with Gasteiger partial charge in [0.1, 0.15) is 0 Å². The SMILES string of the molecule is NCCCc1ncc(C(F)(F)F)o1. The van der Waals surface area contributed by atoms with E-state index in [-0.39, 0.29) is 5.89 Å². The molecule has 2 N–H and O–H groups in total. The smallest absolute Gasteiger partial charge is 0.436 e. The van der Waals surface area contributed by atoms with Gasteiger partial charge in [0, 0.05) is 6.42 Å². The zero-order valence-corrected chi connectivity index (χ0v) is 6.77. The van der Waals surface area contributed by atoms with Crippen LogP contribution in [0.3, 0.4) is 0 Å². The first-order valence-corrected chi connectivity index (χ1v) is 3.76. The summed E-state index contributed by atoms with van der Waals surface area (Å²) in [4.78, 5) is 3.48. The number of nitrogens with zero attached hydrogens (tertiary/aromatic N) is 1. The van der Waals surface area contributed by atoms with E-state index in [2.05, 4.69) is 9.40 Å². The maximum atomic E-state index is 12.0. The number of hydrogen-bond acceptors (Lipinski definition) is 3. The average molecular weight is 194 g/mol. The van der Waals surface area contributed by atoms with Gasteiger partial charge in [0.2, 0.25) is 5.76 Å². The second kappa shape index (κ2) is 3.78. The van der Waals surface area contributed by atoms with Crippen LogP contribution in [0, 0.1) is 0 Å². The van der Waals surface area contributed by atoms with Crippen molar-refractivity contribution in [3.8, 4) is 0 Å². The molecule has 13 heavy (non-hydrogen) atoms. The van der Waals surface area contributed by atoms with Crippen molar-refractivity contribution in [2.75, 3.05) is 6.54 Å². The summed E-state index contributed by atoms with van der Waals surface area (Å²) in [6, 6.07) is 0. The van der Waals surface area contributed by atoms with Gasteiger partial charge < -0.3 is 10.2 Å². The maximum absolute atomic E-state index is 12.0. The zero-order chi connectivity index (χ0) is 9.90. The van der Waals surface area contributed by atoms with E-state index in [9.17, 15) is 13.2 Å². The molecule has 0 amide bonds. The molecule has 0 atom stereocenters. The summed E-state index contributed by atoms with van der Waals surface area (Å²) in [7, 11) is 0. The van der Waals surface area contributed by atoms with Gasteiger partial charge in [-0.2, -0.15) is 13.2 Å². The second-order valence-electron chi connectivity index (χ2n) is 2.51. The largest absolute Gasteiger partial charge is 0.451 e. The highest BCUT2D eigenvalue weighted by Gasteiger charge is 2.35. The molecule has 0 radical (unpaired) electrons. The molecular formula is C7H9F3N2O. The molecule has 0 aliphatic heterocycles. The molecule has 1 rings (SSSR count). The Labute approximate surface area is 72.7 Å². The number of oxazole rings is 1. The lowest BCUT2D eigenvalue weighted by Crippen LogP contribution is -2.02. The van der Waals surface area contributed by atoms with E-state index in [4.69, 9.17) is 5.73 Å². The van der Waals surface area contributed by atoms with Crippen LogP contribution in [-0.4, -0.2) is 11.5 Å². The van der Waals surface area contributed by atoms with Crippen LogP contribution in [0.15, 0.2) is 10.6 Å². The molecule has 0 bridgehead atoms. The summed E-state index contributed by atoms with van der Waals surface area (Å²) in [5, 5.41) is 0. The van der Waals surface area contributed by atoms with E-state index in [0.717, 1.165) is 0 Å². The van der Waals surface area contributed by atoms with Gasteiger partial charge in [0.05, 0.1) is 6.20 Å². The van der Waals surface area contributed by atoms with E-state index < -0.39 is 11.9 Å². The van der Waals surface area contributed by atoms with Crippen molar-refractivity contribution in [1.29, 1.82) is 0 Å². The summed E-state index contributed by atoms with van der Waals surface area (Å²) in [6.45, 7) is 0.406. The van der Waals surface area contributed by atoms with Gasteiger partial charge in [0.15, 0.2) is 5.89 Å². The molecule has 0 aromatic carbocycles. The van der Waals surface area contributed by atoms with E-state index in [1.165, 1.54) is 0 Å². The molecule has 3 nitrogen and oxygen atoms in total. The predicted octanol–water partition coefficient (Wildman–Crippen LogP) is 1.58. The number of nitrogens with two attached hydrogens (primary N) is 1. The second-order valence-corrected chi connectivity index (χ2v) is 2.51. The Hall–Kier alpha value is -1.04. The third-order valence-electron chi connectivity index (χ3n) is 1.43. The highest BCUT2D eigenvalue weighted by Crippen LogP contribution is 2.29. The lowest BCUT2D eigenvalue weighted by molar-refractivity contribution is -0.153. The normalized spacial score (nSPS) is 12.0. The van der Waals surface area contributed by atoms with Gasteiger partial charge in [-0.15, -0.1) is 0 Å². The van der Waals surface area contributed by atoms with E-state index in [1.807, 2.05) is 0 Å². The van der Waals surface area contributed by atoms with Crippen LogP contribution in [0.4, 0.5) is 13.2 Å². The van der Waals surface area contributed by atoms with Crippen molar-refractivity contribution in [1.82, 2.24) is 4.98 Å². The maximum Gasteiger partial charge on any atom is 0.451 e. The third-order valence-corrected chi connectivity index (χ3v) is 1.43. The lowest BCUT2D eigenvalue weighted by Gasteiger charge is -1.99. The van der Waals surface area contributed by atoms with Gasteiger partial charge >= 0.3 is 6.18 Å². The van der Waals surface area contributed by atoms with Crippen LogP contribution < -0.4 is 5.73 Å². The third kappa shape index (κ3) is 2.73. The number of halogens is 3. The summed E-state index contributed by atoms with van der Waals surface area (Å²) in [5.41, 5.74) is 5.18. The zero-order valence-electron chi connectivity index (χ0n) is 6.77. The Morgan fingerprint density at radius 1 is 1.46 bits per heavy atom. The molecule has 0 saturated carbocycles. The Morgan fingerprint density at radius 3 is 2.62 bits per heavy atom. The number of aryl methyl sites for hydroxylation is 1. The summed E-state index contributed by atoms with van der Waals surface area (Å²) < 4.78 is 40.4. The van der Waals surface area contributed by atoms with Gasteiger partial charge in [-0.3, -0.25) is 0 Å². The molecular weight excluding hydrogens is 185 g/mol. The van der Waals surface area contributed by atoms with E-state index in [1.54, 1.807) is 0 Å². The van der Waals surface area contributed by atoms with Gasteiger partial charge in [0.25, 0.3) is 0 Å². The van der Waals surface area contributed by atoms with E-state index >= 15 is 0 Å². The Bertz CT molecular complexity index is 269. The predicted molar refractivity (Wildman–Crippen MR) is 38.9 cm³/mol. The fourth-order valence-electron chi connectivity index (χ4n) is 0.810. The highest BCUT2D eigenvalue weighted by atomic mass is 19.4. The fourth-order valence-corrected chi connectivity index (χ4v) is 0.810. The van der Waals surface area contributed by atoms with Crippen molar-refractivity contribution in [3.05, 3.63) is 17.8 Å². The van der Waals surface area contributed by atoms with Gasteiger partial charge in [-0.25, -0.2) is 4.98 Å². The van der Waals surface area contributed by atoms with Crippen LogP contribution in [0.5, 0.6) is 0 Å². The topological polar surface area (TPSA) is 52.0 Å². The molecule has 0 fully saturated rings. The van der Waals surface area contributed by atoms with Crippen molar-refractivity contribution in [2.24, 2.45) is 5.73 Å². The van der Waals surface area contributed by atoms with E-state index in [0.29, 0.717) is 25.6 Å². The Morgan fingerprint density at radius 2 is 2.15 bits per heavy atom. The first kappa shape index (κ1) is 10.0. The van der Waals surface area contributed by atoms with Crippen molar-refractivity contribution in [2.45, 2.75) is 19.0 Å². The molecule has 1 aromatic heterocycles. The number of hydrogen-bond donors (Lipinski definition) is 1. The van der Waals surface area contributed by atoms with Crippen molar-refractivity contribution >= 4 is 0 Å². The molecule has 1 heterocycles. The number of rotatable bonds is 3. The molecule has 6 heteroatoms. The molecule has 74 valence electrons. The first-order chi connectivity index (χ1) is 6.04. The van der Waals surface area contributed by atoms with Crippen LogP contribution in [0.2, 0.25) is 0 Å². The summed E-state index contributed by atoms with van der Waals surface area (Å²) in [5.74, 6) is -0.975. The Kier molecular flexibility index (Phi) is 2.92. The average Bonchev–Trinajstić information content (AvgIpc) is 2.47. The van der Waals surface area contributed by atoms with Crippen LogP contribution >= 0.6 is 0 Å². The Balaban J connectivity index is 2.64. The molecule has 0 unspecified atom stereocenters. The molecule has 0 spiro atoms. The van der Waals surface area contributed by atoms with Gasteiger partial charge in [-0.05, 0) is 13.0 Å². The van der Waals surface area contributed by atoms with Crippen LogP contribution in [-0.2, 0) is 12.6 Å². The molecule has 1 aromatic rings. The number of aromatic nitrogens is 1.